The van der Waals surface area contributed by atoms with Crippen molar-refractivity contribution in [3.8, 4) is 0 Å². The molecule has 1 fully saturated rings. The molecular formula is C12H17N3O2. The number of nitrogens with zero attached hydrogens (tertiary/aromatic N) is 2. The van der Waals surface area contributed by atoms with Gasteiger partial charge in [-0.2, -0.15) is 0 Å². The van der Waals surface area contributed by atoms with Crippen LogP contribution in [0.4, 0.5) is 5.69 Å². The van der Waals surface area contributed by atoms with Crippen molar-refractivity contribution in [2.75, 3.05) is 18.8 Å². The molecule has 1 aliphatic heterocycles. The predicted octanol–water partition coefficient (Wildman–Crippen LogP) is 0.507. The Hall–Kier alpha value is -1.62. The average Bonchev–Trinajstić information content (AvgIpc) is 2.78. The molecule has 0 bridgehead atoms. The van der Waals surface area contributed by atoms with Crippen LogP contribution in [-0.4, -0.2) is 40.1 Å². The van der Waals surface area contributed by atoms with Crippen LogP contribution in [0.5, 0.6) is 0 Å². The molecular weight excluding hydrogens is 218 g/mol. The maximum Gasteiger partial charge on any atom is 0.256 e. The van der Waals surface area contributed by atoms with Gasteiger partial charge in [0.2, 0.25) is 0 Å². The number of likely N-dealkylation sites (tertiary alicyclic amines) is 1. The molecule has 3 N–H and O–H groups in total. The number of anilines is 1. The van der Waals surface area contributed by atoms with Gasteiger partial charge in [0.25, 0.3) is 5.91 Å². The van der Waals surface area contributed by atoms with Crippen LogP contribution in [-0.2, 0) is 0 Å². The van der Waals surface area contributed by atoms with E-state index in [2.05, 4.69) is 4.98 Å². The molecule has 2 rings (SSSR count). The van der Waals surface area contributed by atoms with Crippen molar-refractivity contribution >= 4 is 11.6 Å². The Bertz CT molecular complexity index is 420. The number of hydrogen-bond acceptors (Lipinski definition) is 4. The summed E-state index contributed by atoms with van der Waals surface area (Å²) in [5.41, 5.74) is 6.62. The van der Waals surface area contributed by atoms with Crippen LogP contribution in [0.2, 0.25) is 0 Å². The second-order valence-electron chi connectivity index (χ2n) is 4.50. The lowest BCUT2D eigenvalue weighted by atomic mass is 10.0. The number of nitrogen functional groups attached to an aromatic ring is 1. The summed E-state index contributed by atoms with van der Waals surface area (Å²) in [5.74, 6) is 0.0926. The van der Waals surface area contributed by atoms with Crippen LogP contribution >= 0.6 is 0 Å². The van der Waals surface area contributed by atoms with Crippen LogP contribution in [0.25, 0.3) is 0 Å². The summed E-state index contributed by atoms with van der Waals surface area (Å²) in [6.45, 7) is 3.04. The molecule has 2 atom stereocenters. The third kappa shape index (κ3) is 2.39. The van der Waals surface area contributed by atoms with Crippen molar-refractivity contribution in [1.29, 1.82) is 0 Å². The Balaban J connectivity index is 2.10. The minimum Gasteiger partial charge on any atom is -0.397 e. The number of carbonyl (C=O) groups is 1. The van der Waals surface area contributed by atoms with Gasteiger partial charge in [-0.3, -0.25) is 9.78 Å². The number of aromatic nitrogens is 1. The molecule has 2 unspecified atom stereocenters. The van der Waals surface area contributed by atoms with Crippen molar-refractivity contribution in [1.82, 2.24) is 9.88 Å². The predicted molar refractivity (Wildman–Crippen MR) is 64.3 cm³/mol. The summed E-state index contributed by atoms with van der Waals surface area (Å²) in [6, 6.07) is 1.63. The monoisotopic (exact) mass is 235 g/mol. The highest BCUT2D eigenvalue weighted by molar-refractivity contribution is 5.99. The molecule has 5 heteroatoms. The van der Waals surface area contributed by atoms with Crippen LogP contribution in [0.1, 0.15) is 23.7 Å². The van der Waals surface area contributed by atoms with Crippen molar-refractivity contribution < 1.29 is 9.90 Å². The molecule has 1 aliphatic rings. The SMILES string of the molecule is CC(O)C1CCN(C(=O)c2ccncc2N)C1. The summed E-state index contributed by atoms with van der Waals surface area (Å²) < 4.78 is 0. The fraction of sp³-hybridized carbons (Fsp3) is 0.500. The van der Waals surface area contributed by atoms with Gasteiger partial charge in [-0.25, -0.2) is 0 Å². The van der Waals surface area contributed by atoms with E-state index in [4.69, 9.17) is 5.73 Å². The lowest BCUT2D eigenvalue weighted by Gasteiger charge is -2.18. The van der Waals surface area contributed by atoms with E-state index in [0.717, 1.165) is 6.42 Å². The molecule has 0 aliphatic carbocycles. The number of pyridine rings is 1. The van der Waals surface area contributed by atoms with E-state index in [1.54, 1.807) is 24.1 Å². The topological polar surface area (TPSA) is 79.5 Å². The Morgan fingerprint density at radius 1 is 1.71 bits per heavy atom. The molecule has 5 nitrogen and oxygen atoms in total. The molecule has 2 heterocycles. The first-order valence-electron chi connectivity index (χ1n) is 5.76. The smallest absolute Gasteiger partial charge is 0.256 e. The number of rotatable bonds is 2. The van der Waals surface area contributed by atoms with Crippen LogP contribution in [0.3, 0.4) is 0 Å². The quantitative estimate of drug-likeness (QED) is 0.782. The van der Waals surface area contributed by atoms with Gasteiger partial charge in [0.1, 0.15) is 0 Å². The summed E-state index contributed by atoms with van der Waals surface area (Å²) in [5, 5.41) is 9.50. The maximum absolute atomic E-state index is 12.2. The number of aliphatic hydroxyl groups excluding tert-OH is 1. The van der Waals surface area contributed by atoms with E-state index in [1.165, 1.54) is 6.20 Å². The number of nitrogens with two attached hydrogens (primary N) is 1. The van der Waals surface area contributed by atoms with Crippen molar-refractivity contribution in [2.24, 2.45) is 5.92 Å². The molecule has 92 valence electrons. The number of hydrogen-bond donors (Lipinski definition) is 2. The lowest BCUT2D eigenvalue weighted by Crippen LogP contribution is -2.30. The second kappa shape index (κ2) is 4.71. The largest absolute Gasteiger partial charge is 0.397 e. The van der Waals surface area contributed by atoms with Crippen LogP contribution < -0.4 is 5.73 Å². The van der Waals surface area contributed by atoms with Gasteiger partial charge in [0.05, 0.1) is 23.6 Å². The van der Waals surface area contributed by atoms with Crippen molar-refractivity contribution in [3.63, 3.8) is 0 Å². The summed E-state index contributed by atoms with van der Waals surface area (Å²) >= 11 is 0. The molecule has 0 spiro atoms. The molecule has 1 aromatic heterocycles. The second-order valence-corrected chi connectivity index (χ2v) is 4.50. The van der Waals surface area contributed by atoms with Gasteiger partial charge < -0.3 is 15.7 Å². The standard InChI is InChI=1S/C12H17N3O2/c1-8(16)9-3-5-15(7-9)12(17)10-2-4-14-6-11(10)13/h2,4,6,8-9,16H,3,5,7,13H2,1H3. The fourth-order valence-electron chi connectivity index (χ4n) is 2.14. The minimum absolute atomic E-state index is 0.0759. The number of aliphatic hydroxyl groups is 1. The number of amides is 1. The van der Waals surface area contributed by atoms with Gasteiger partial charge in [0.15, 0.2) is 0 Å². The molecule has 1 amide bonds. The lowest BCUT2D eigenvalue weighted by molar-refractivity contribution is 0.0763. The normalized spacial score (nSPS) is 21.5. The van der Waals surface area contributed by atoms with Gasteiger partial charge in [-0.1, -0.05) is 0 Å². The Morgan fingerprint density at radius 2 is 2.47 bits per heavy atom. The van der Waals surface area contributed by atoms with E-state index < -0.39 is 0 Å². The summed E-state index contributed by atoms with van der Waals surface area (Å²) in [6.07, 6.45) is 3.51. The molecule has 17 heavy (non-hydrogen) atoms. The molecule has 1 saturated heterocycles. The van der Waals surface area contributed by atoms with E-state index >= 15 is 0 Å². The Kier molecular flexibility index (Phi) is 3.28. The zero-order chi connectivity index (χ0) is 12.4. The van der Waals surface area contributed by atoms with E-state index in [-0.39, 0.29) is 17.9 Å². The first kappa shape index (κ1) is 11.9. The van der Waals surface area contributed by atoms with Gasteiger partial charge in [-0.05, 0) is 19.4 Å². The summed E-state index contributed by atoms with van der Waals surface area (Å²) in [7, 11) is 0. The van der Waals surface area contributed by atoms with Crippen LogP contribution in [0.15, 0.2) is 18.5 Å². The molecule has 0 aromatic carbocycles. The molecule has 0 radical (unpaired) electrons. The van der Waals surface area contributed by atoms with Gasteiger partial charge in [0, 0.05) is 25.2 Å². The zero-order valence-corrected chi connectivity index (χ0v) is 9.84. The maximum atomic E-state index is 12.2. The van der Waals surface area contributed by atoms with Crippen LogP contribution in [0, 0.1) is 5.92 Å². The fourth-order valence-corrected chi connectivity index (χ4v) is 2.14. The summed E-state index contributed by atoms with van der Waals surface area (Å²) in [4.78, 5) is 17.8. The third-order valence-corrected chi connectivity index (χ3v) is 3.28. The van der Waals surface area contributed by atoms with E-state index in [9.17, 15) is 9.90 Å². The molecule has 0 saturated carbocycles. The Labute approximate surface area is 100 Å². The highest BCUT2D eigenvalue weighted by Crippen LogP contribution is 2.22. The highest BCUT2D eigenvalue weighted by Gasteiger charge is 2.30. The first-order chi connectivity index (χ1) is 8.09. The third-order valence-electron chi connectivity index (χ3n) is 3.28. The van der Waals surface area contributed by atoms with Gasteiger partial charge >= 0.3 is 0 Å². The minimum atomic E-state index is -0.373. The Morgan fingerprint density at radius 3 is 3.06 bits per heavy atom. The van der Waals surface area contributed by atoms with E-state index in [0.29, 0.717) is 24.3 Å². The van der Waals surface area contributed by atoms with Crippen molar-refractivity contribution in [3.05, 3.63) is 24.0 Å². The average molecular weight is 235 g/mol. The molecule has 1 aromatic rings. The highest BCUT2D eigenvalue weighted by atomic mass is 16.3. The van der Waals surface area contributed by atoms with Gasteiger partial charge in [-0.15, -0.1) is 0 Å². The van der Waals surface area contributed by atoms with Crippen molar-refractivity contribution in [2.45, 2.75) is 19.4 Å². The van der Waals surface area contributed by atoms with E-state index in [1.807, 2.05) is 0 Å². The number of carbonyl (C=O) groups excluding carboxylic acids is 1. The first-order valence-corrected chi connectivity index (χ1v) is 5.76. The zero-order valence-electron chi connectivity index (χ0n) is 9.84.